The van der Waals surface area contributed by atoms with Crippen LogP contribution in [-0.4, -0.2) is 13.4 Å². The third-order valence-electron chi connectivity index (χ3n) is 1.74. The van der Waals surface area contributed by atoms with Gasteiger partial charge in [0.05, 0.1) is 10.6 Å². The summed E-state index contributed by atoms with van der Waals surface area (Å²) in [6.07, 6.45) is 1.53. The SMILES string of the molecule is Cc1ccc2c(n1)C=CS2(=O)=O. The van der Waals surface area contributed by atoms with E-state index in [1.54, 1.807) is 12.1 Å². The van der Waals surface area contributed by atoms with Gasteiger partial charge in [0, 0.05) is 11.1 Å². The number of hydrogen-bond donors (Lipinski definition) is 0. The Morgan fingerprint density at radius 1 is 1.33 bits per heavy atom. The van der Waals surface area contributed by atoms with Gasteiger partial charge in [0.25, 0.3) is 0 Å². The van der Waals surface area contributed by atoms with Gasteiger partial charge in [-0.25, -0.2) is 8.42 Å². The number of hydrogen-bond acceptors (Lipinski definition) is 3. The lowest BCUT2D eigenvalue weighted by molar-refractivity contribution is 0.605. The zero-order valence-corrected chi connectivity index (χ0v) is 7.30. The Morgan fingerprint density at radius 3 is 2.83 bits per heavy atom. The van der Waals surface area contributed by atoms with Gasteiger partial charge in [0.2, 0.25) is 9.84 Å². The molecule has 0 unspecified atom stereocenters. The van der Waals surface area contributed by atoms with E-state index in [1.807, 2.05) is 6.92 Å². The first-order valence-electron chi connectivity index (χ1n) is 3.50. The number of aryl methyl sites for hydroxylation is 1. The Kier molecular flexibility index (Phi) is 1.35. The lowest BCUT2D eigenvalue weighted by atomic mass is 10.3. The molecule has 1 aliphatic rings. The topological polar surface area (TPSA) is 47.0 Å². The largest absolute Gasteiger partial charge is 0.252 e. The average molecular weight is 181 g/mol. The van der Waals surface area contributed by atoms with Crippen molar-refractivity contribution in [1.82, 2.24) is 4.98 Å². The summed E-state index contributed by atoms with van der Waals surface area (Å²) < 4.78 is 22.5. The van der Waals surface area contributed by atoms with Gasteiger partial charge in [0.15, 0.2) is 0 Å². The van der Waals surface area contributed by atoms with Gasteiger partial charge in [0.1, 0.15) is 0 Å². The molecule has 2 heterocycles. The summed E-state index contributed by atoms with van der Waals surface area (Å²) in [5.41, 5.74) is 1.38. The van der Waals surface area contributed by atoms with Crippen molar-refractivity contribution in [2.45, 2.75) is 11.8 Å². The fourth-order valence-electron chi connectivity index (χ4n) is 1.15. The Balaban J connectivity index is 2.78. The van der Waals surface area contributed by atoms with Crippen molar-refractivity contribution in [2.75, 3.05) is 0 Å². The molecule has 0 saturated heterocycles. The van der Waals surface area contributed by atoms with Crippen molar-refractivity contribution in [1.29, 1.82) is 0 Å². The van der Waals surface area contributed by atoms with Crippen LogP contribution in [0.1, 0.15) is 11.4 Å². The molecule has 0 N–H and O–H groups in total. The third-order valence-corrected chi connectivity index (χ3v) is 3.19. The van der Waals surface area contributed by atoms with Crippen LogP contribution in [0, 0.1) is 6.92 Å². The smallest absolute Gasteiger partial charge is 0.202 e. The maximum Gasteiger partial charge on any atom is 0.202 e. The van der Waals surface area contributed by atoms with E-state index in [1.165, 1.54) is 11.5 Å². The molecule has 0 spiro atoms. The van der Waals surface area contributed by atoms with E-state index < -0.39 is 9.84 Å². The average Bonchev–Trinajstić information content (AvgIpc) is 2.27. The number of pyridine rings is 1. The lowest BCUT2D eigenvalue weighted by Crippen LogP contribution is -1.95. The van der Waals surface area contributed by atoms with Gasteiger partial charge in [-0.15, -0.1) is 0 Å². The van der Waals surface area contributed by atoms with Gasteiger partial charge in [-0.2, -0.15) is 0 Å². The van der Waals surface area contributed by atoms with Crippen LogP contribution >= 0.6 is 0 Å². The Bertz CT molecular complexity index is 460. The second-order valence-electron chi connectivity index (χ2n) is 2.68. The van der Waals surface area contributed by atoms with Crippen LogP contribution in [0.15, 0.2) is 22.4 Å². The molecule has 0 atom stereocenters. The number of rotatable bonds is 0. The van der Waals surface area contributed by atoms with Crippen LogP contribution in [0.5, 0.6) is 0 Å². The molecule has 0 aliphatic carbocycles. The molecule has 62 valence electrons. The number of fused-ring (bicyclic) bond motifs is 1. The summed E-state index contributed by atoms with van der Waals surface area (Å²) in [7, 11) is -3.17. The molecule has 1 aromatic heterocycles. The van der Waals surface area contributed by atoms with Crippen molar-refractivity contribution in [2.24, 2.45) is 0 Å². The zero-order valence-electron chi connectivity index (χ0n) is 6.48. The van der Waals surface area contributed by atoms with Crippen molar-refractivity contribution < 1.29 is 8.42 Å². The first-order chi connectivity index (χ1) is 5.59. The molecule has 2 rings (SSSR count). The van der Waals surface area contributed by atoms with E-state index in [0.717, 1.165) is 5.69 Å². The van der Waals surface area contributed by atoms with Crippen LogP contribution in [0.25, 0.3) is 6.08 Å². The number of sulfone groups is 1. The van der Waals surface area contributed by atoms with Crippen LogP contribution in [-0.2, 0) is 9.84 Å². The Morgan fingerprint density at radius 2 is 2.08 bits per heavy atom. The minimum Gasteiger partial charge on any atom is -0.252 e. The molecule has 12 heavy (non-hydrogen) atoms. The van der Waals surface area contributed by atoms with Gasteiger partial charge in [-0.1, -0.05) is 0 Å². The molecular weight excluding hydrogens is 174 g/mol. The van der Waals surface area contributed by atoms with Crippen LogP contribution in [0.2, 0.25) is 0 Å². The minimum atomic E-state index is -3.17. The van der Waals surface area contributed by atoms with Crippen molar-refractivity contribution >= 4 is 15.9 Å². The van der Waals surface area contributed by atoms with E-state index in [0.29, 0.717) is 10.6 Å². The predicted octanol–water partition coefficient (Wildman–Crippen LogP) is 1.15. The Hall–Kier alpha value is -1.16. The van der Waals surface area contributed by atoms with Crippen molar-refractivity contribution in [3.8, 4) is 0 Å². The highest BCUT2D eigenvalue weighted by atomic mass is 32.2. The molecule has 3 nitrogen and oxygen atoms in total. The normalized spacial score (nSPS) is 17.8. The van der Waals surface area contributed by atoms with E-state index in [9.17, 15) is 8.42 Å². The first-order valence-corrected chi connectivity index (χ1v) is 5.05. The van der Waals surface area contributed by atoms with Crippen LogP contribution < -0.4 is 0 Å². The molecule has 1 aromatic rings. The summed E-state index contributed by atoms with van der Waals surface area (Å²) in [6.45, 7) is 1.83. The highest BCUT2D eigenvalue weighted by Gasteiger charge is 2.20. The lowest BCUT2D eigenvalue weighted by Gasteiger charge is -1.97. The summed E-state index contributed by atoms with van der Waals surface area (Å²) in [4.78, 5) is 4.40. The molecule has 4 heteroatoms. The molecule has 0 fully saturated rings. The molecule has 0 saturated carbocycles. The summed E-state index contributed by atoms with van der Waals surface area (Å²) in [5, 5.41) is 1.18. The number of aromatic nitrogens is 1. The van der Waals surface area contributed by atoms with Crippen molar-refractivity contribution in [3.05, 3.63) is 28.9 Å². The maximum atomic E-state index is 11.2. The van der Waals surface area contributed by atoms with Crippen molar-refractivity contribution in [3.63, 3.8) is 0 Å². The van der Waals surface area contributed by atoms with Gasteiger partial charge >= 0.3 is 0 Å². The van der Waals surface area contributed by atoms with Gasteiger partial charge < -0.3 is 0 Å². The van der Waals surface area contributed by atoms with Crippen LogP contribution in [0.3, 0.4) is 0 Å². The minimum absolute atomic E-state index is 0.313. The fourth-order valence-corrected chi connectivity index (χ4v) is 2.27. The quantitative estimate of drug-likeness (QED) is 0.603. The standard InChI is InChI=1S/C8H7NO2S/c1-6-2-3-8-7(9-6)4-5-12(8,10)11/h2-5H,1H3. The molecule has 1 aliphatic heterocycles. The van der Waals surface area contributed by atoms with Gasteiger partial charge in [-0.05, 0) is 25.1 Å². The molecule has 0 aromatic carbocycles. The molecule has 0 bridgehead atoms. The third kappa shape index (κ3) is 0.956. The highest BCUT2D eigenvalue weighted by Crippen LogP contribution is 2.24. The van der Waals surface area contributed by atoms with E-state index in [-0.39, 0.29) is 0 Å². The van der Waals surface area contributed by atoms with Gasteiger partial charge in [-0.3, -0.25) is 4.98 Å². The second kappa shape index (κ2) is 2.17. The summed E-state index contributed by atoms with van der Waals surface area (Å²) >= 11 is 0. The van der Waals surface area contributed by atoms with Crippen LogP contribution in [0.4, 0.5) is 0 Å². The fraction of sp³-hybridized carbons (Fsp3) is 0.125. The Labute approximate surface area is 70.7 Å². The summed E-state index contributed by atoms with van der Waals surface area (Å²) in [5.74, 6) is 0. The monoisotopic (exact) mass is 181 g/mol. The zero-order chi connectivity index (χ0) is 8.77. The number of nitrogens with zero attached hydrogens (tertiary/aromatic N) is 1. The maximum absolute atomic E-state index is 11.2. The predicted molar refractivity (Wildman–Crippen MR) is 45.2 cm³/mol. The highest BCUT2D eigenvalue weighted by molar-refractivity contribution is 7.94. The summed E-state index contributed by atoms with van der Waals surface area (Å²) in [6, 6.07) is 3.29. The van der Waals surface area contributed by atoms with E-state index in [2.05, 4.69) is 4.98 Å². The molecular formula is C8H7NO2S. The van der Waals surface area contributed by atoms with E-state index in [4.69, 9.17) is 0 Å². The van der Waals surface area contributed by atoms with E-state index >= 15 is 0 Å². The molecule has 0 amide bonds. The second-order valence-corrected chi connectivity index (χ2v) is 4.49. The first kappa shape index (κ1) is 7.49. The molecule has 0 radical (unpaired) electrons.